The van der Waals surface area contributed by atoms with Crippen LogP contribution >= 0.6 is 11.3 Å². The van der Waals surface area contributed by atoms with Crippen LogP contribution in [0, 0.1) is 0 Å². The smallest absolute Gasteiger partial charge is 0.306 e. The highest BCUT2D eigenvalue weighted by Crippen LogP contribution is 2.21. The Morgan fingerprint density at radius 3 is 2.47 bits per heavy atom. The molecule has 2 heterocycles. The van der Waals surface area contributed by atoms with E-state index in [1.165, 1.54) is 4.31 Å². The van der Waals surface area contributed by atoms with Crippen LogP contribution in [0.1, 0.15) is 36.1 Å². The van der Waals surface area contributed by atoms with Gasteiger partial charge in [-0.15, -0.1) is 11.3 Å². The van der Waals surface area contributed by atoms with Crippen LogP contribution in [-0.4, -0.2) is 44.3 Å². The summed E-state index contributed by atoms with van der Waals surface area (Å²) in [6.45, 7) is 1.24. The van der Waals surface area contributed by atoms with Gasteiger partial charge in [-0.25, -0.2) is 8.42 Å². The zero-order valence-corrected chi connectivity index (χ0v) is 18.3. The number of sulfonamides is 1. The third kappa shape index (κ3) is 6.38. The second kappa shape index (κ2) is 10.7. The van der Waals surface area contributed by atoms with Crippen molar-refractivity contribution in [3.05, 3.63) is 52.2 Å². The lowest BCUT2D eigenvalue weighted by Crippen LogP contribution is -2.35. The third-order valence-corrected chi connectivity index (χ3v) is 7.69. The number of piperidine rings is 1. The molecule has 1 aromatic carbocycles. The van der Waals surface area contributed by atoms with Gasteiger partial charge in [-0.05, 0) is 48.4 Å². The Kier molecular flexibility index (Phi) is 8.01. The molecule has 7 nitrogen and oxygen atoms in total. The number of thiophene rings is 1. The van der Waals surface area contributed by atoms with Crippen molar-refractivity contribution in [3.8, 4) is 0 Å². The van der Waals surface area contributed by atoms with E-state index in [-0.39, 0.29) is 23.8 Å². The molecule has 30 heavy (non-hydrogen) atoms. The topological polar surface area (TPSA) is 92.8 Å². The molecular formula is C21H26N2O5S2. The number of carbonyl (C=O) groups excluding carboxylic acids is 2. The maximum Gasteiger partial charge on any atom is 0.306 e. The van der Waals surface area contributed by atoms with Crippen molar-refractivity contribution in [3.63, 3.8) is 0 Å². The molecule has 3 rings (SSSR count). The van der Waals surface area contributed by atoms with Crippen LogP contribution < -0.4 is 5.32 Å². The molecule has 1 amide bonds. The number of rotatable bonds is 9. The van der Waals surface area contributed by atoms with Gasteiger partial charge in [-0.1, -0.05) is 24.6 Å². The fourth-order valence-corrected chi connectivity index (χ4v) is 5.36. The summed E-state index contributed by atoms with van der Waals surface area (Å²) in [6, 6.07) is 10.4. The number of esters is 1. The van der Waals surface area contributed by atoms with Gasteiger partial charge in [0.25, 0.3) is 5.91 Å². The van der Waals surface area contributed by atoms with Gasteiger partial charge in [-0.2, -0.15) is 4.31 Å². The summed E-state index contributed by atoms with van der Waals surface area (Å²) in [5.41, 5.74) is 0.840. The minimum absolute atomic E-state index is 0.121. The number of hydrogen-bond donors (Lipinski definition) is 1. The summed E-state index contributed by atoms with van der Waals surface area (Å²) >= 11 is 1.54. The summed E-state index contributed by atoms with van der Waals surface area (Å²) < 4.78 is 31.9. The summed E-state index contributed by atoms with van der Waals surface area (Å²) in [5, 5.41) is 4.62. The maximum atomic E-state index is 12.7. The van der Waals surface area contributed by atoms with E-state index in [0.29, 0.717) is 26.1 Å². The Morgan fingerprint density at radius 1 is 1.07 bits per heavy atom. The van der Waals surface area contributed by atoms with E-state index in [4.69, 9.17) is 4.74 Å². The highest BCUT2D eigenvalue weighted by atomic mass is 32.2. The number of hydrogen-bond acceptors (Lipinski definition) is 6. The van der Waals surface area contributed by atoms with Crippen LogP contribution in [0.25, 0.3) is 0 Å². The predicted octanol–water partition coefficient (Wildman–Crippen LogP) is 2.71. The molecule has 9 heteroatoms. The number of ether oxygens (including phenoxy) is 1. The molecule has 0 spiro atoms. The van der Waals surface area contributed by atoms with Crippen LogP contribution in [0.5, 0.6) is 0 Å². The van der Waals surface area contributed by atoms with Crippen molar-refractivity contribution < 1.29 is 22.7 Å². The fourth-order valence-electron chi connectivity index (χ4n) is 3.20. The predicted molar refractivity (Wildman–Crippen MR) is 114 cm³/mol. The summed E-state index contributed by atoms with van der Waals surface area (Å²) in [5.74, 6) is -0.810. The van der Waals surface area contributed by atoms with E-state index in [2.05, 4.69) is 5.32 Å². The van der Waals surface area contributed by atoms with E-state index in [9.17, 15) is 18.0 Å². The Labute approximate surface area is 181 Å². The van der Waals surface area contributed by atoms with Crippen LogP contribution in [-0.2, 0) is 37.3 Å². The van der Waals surface area contributed by atoms with E-state index in [1.54, 1.807) is 35.6 Å². The normalized spacial score (nSPS) is 14.9. The first-order valence-corrected chi connectivity index (χ1v) is 12.3. The molecule has 0 bridgehead atoms. The molecule has 1 saturated heterocycles. The second-order valence-corrected chi connectivity index (χ2v) is 10.1. The molecule has 0 saturated carbocycles. The Hall–Kier alpha value is -2.23. The van der Waals surface area contributed by atoms with E-state index >= 15 is 0 Å². The standard InChI is InChI=1S/C21H26N2O5S2/c24-20(22-15-18-5-4-14-29-18)16-28-21(25)11-8-17-6-9-19(10-7-17)30(26,27)23-12-2-1-3-13-23/h4-7,9-10,14H,1-3,8,11-13,15-16H2,(H,22,24). The first-order chi connectivity index (χ1) is 14.4. The molecule has 1 N–H and O–H groups in total. The second-order valence-electron chi connectivity index (χ2n) is 7.13. The molecular weight excluding hydrogens is 424 g/mol. The van der Waals surface area contributed by atoms with Crippen molar-refractivity contribution in [2.45, 2.75) is 43.5 Å². The molecule has 2 aromatic rings. The molecule has 0 aliphatic carbocycles. The lowest BCUT2D eigenvalue weighted by molar-refractivity contribution is -0.148. The Morgan fingerprint density at radius 2 is 1.80 bits per heavy atom. The summed E-state index contributed by atoms with van der Waals surface area (Å²) in [4.78, 5) is 24.9. The number of aryl methyl sites for hydroxylation is 1. The summed E-state index contributed by atoms with van der Waals surface area (Å²) in [6.07, 6.45) is 3.39. The van der Waals surface area contributed by atoms with Crippen LogP contribution in [0.2, 0.25) is 0 Å². The highest BCUT2D eigenvalue weighted by Gasteiger charge is 2.25. The van der Waals surface area contributed by atoms with E-state index in [0.717, 1.165) is 29.7 Å². The quantitative estimate of drug-likeness (QED) is 0.593. The lowest BCUT2D eigenvalue weighted by atomic mass is 10.1. The van der Waals surface area contributed by atoms with E-state index in [1.807, 2.05) is 17.5 Å². The van der Waals surface area contributed by atoms with Crippen molar-refractivity contribution in [2.24, 2.45) is 0 Å². The van der Waals surface area contributed by atoms with Gasteiger partial charge >= 0.3 is 5.97 Å². The van der Waals surface area contributed by atoms with Gasteiger partial charge in [0.05, 0.1) is 11.4 Å². The largest absolute Gasteiger partial charge is 0.456 e. The van der Waals surface area contributed by atoms with Crippen molar-refractivity contribution in [2.75, 3.05) is 19.7 Å². The van der Waals surface area contributed by atoms with Gasteiger partial charge in [0.1, 0.15) is 0 Å². The zero-order valence-electron chi connectivity index (χ0n) is 16.7. The van der Waals surface area contributed by atoms with Gasteiger partial charge in [-0.3, -0.25) is 9.59 Å². The van der Waals surface area contributed by atoms with Gasteiger partial charge < -0.3 is 10.1 Å². The molecule has 0 atom stereocenters. The zero-order chi connectivity index (χ0) is 21.4. The molecule has 0 unspecified atom stereocenters. The fraction of sp³-hybridized carbons (Fsp3) is 0.429. The monoisotopic (exact) mass is 450 g/mol. The third-order valence-electron chi connectivity index (χ3n) is 4.90. The van der Waals surface area contributed by atoms with Crippen molar-refractivity contribution in [1.29, 1.82) is 0 Å². The van der Waals surface area contributed by atoms with E-state index < -0.39 is 16.0 Å². The number of nitrogens with one attached hydrogen (secondary N) is 1. The molecule has 1 fully saturated rings. The molecule has 1 aromatic heterocycles. The highest BCUT2D eigenvalue weighted by molar-refractivity contribution is 7.89. The first kappa shape index (κ1) is 22.5. The SMILES string of the molecule is O=C(COC(=O)CCc1ccc(S(=O)(=O)N2CCCCC2)cc1)NCc1cccs1. The molecule has 1 aliphatic heterocycles. The van der Waals surface area contributed by atoms with Gasteiger partial charge in [0.15, 0.2) is 6.61 Å². The average molecular weight is 451 g/mol. The minimum atomic E-state index is -3.45. The number of benzene rings is 1. The maximum absolute atomic E-state index is 12.7. The van der Waals surface area contributed by atoms with Gasteiger partial charge in [0.2, 0.25) is 10.0 Å². The lowest BCUT2D eigenvalue weighted by Gasteiger charge is -2.25. The number of amides is 1. The number of nitrogens with zero attached hydrogens (tertiary/aromatic N) is 1. The summed E-state index contributed by atoms with van der Waals surface area (Å²) in [7, 11) is -3.45. The Balaban J connectivity index is 1.41. The van der Waals surface area contributed by atoms with Crippen molar-refractivity contribution >= 4 is 33.2 Å². The average Bonchev–Trinajstić information content (AvgIpc) is 3.29. The number of carbonyl (C=O) groups is 2. The van der Waals surface area contributed by atoms with Crippen LogP contribution in [0.15, 0.2) is 46.7 Å². The first-order valence-electron chi connectivity index (χ1n) is 9.99. The van der Waals surface area contributed by atoms with Crippen LogP contribution in [0.4, 0.5) is 0 Å². The molecule has 0 radical (unpaired) electrons. The minimum Gasteiger partial charge on any atom is -0.456 e. The molecule has 162 valence electrons. The van der Waals surface area contributed by atoms with Crippen molar-refractivity contribution in [1.82, 2.24) is 9.62 Å². The Bertz CT molecular complexity index is 934. The molecule has 1 aliphatic rings. The van der Waals surface area contributed by atoms with Gasteiger partial charge in [0, 0.05) is 24.4 Å². The van der Waals surface area contributed by atoms with Crippen LogP contribution in [0.3, 0.4) is 0 Å².